The fourth-order valence-corrected chi connectivity index (χ4v) is 1.42. The average Bonchev–Trinajstić information content (AvgIpc) is 2.49. The van der Waals surface area contributed by atoms with Crippen molar-refractivity contribution < 1.29 is 0 Å². The lowest BCUT2D eigenvalue weighted by Crippen LogP contribution is -2.17. The SMILES string of the molecule is Cc1c[nH]n2c(=O)cc(CCN)nc12. The van der Waals surface area contributed by atoms with Crippen LogP contribution in [0.1, 0.15) is 11.3 Å². The normalized spacial score (nSPS) is 11.0. The fraction of sp³-hybridized carbons (Fsp3) is 0.333. The van der Waals surface area contributed by atoms with E-state index in [4.69, 9.17) is 5.73 Å². The summed E-state index contributed by atoms with van der Waals surface area (Å²) in [5.41, 5.74) is 7.71. The van der Waals surface area contributed by atoms with Gasteiger partial charge < -0.3 is 5.73 Å². The Morgan fingerprint density at radius 1 is 1.64 bits per heavy atom. The van der Waals surface area contributed by atoms with Gasteiger partial charge in [-0.2, -0.15) is 0 Å². The largest absolute Gasteiger partial charge is 0.330 e. The van der Waals surface area contributed by atoms with Crippen LogP contribution in [0.5, 0.6) is 0 Å². The molecular formula is C9H12N4O. The molecule has 2 rings (SSSR count). The van der Waals surface area contributed by atoms with E-state index in [1.807, 2.05) is 6.92 Å². The van der Waals surface area contributed by atoms with Gasteiger partial charge in [0.15, 0.2) is 5.65 Å². The van der Waals surface area contributed by atoms with Gasteiger partial charge in [0.1, 0.15) is 0 Å². The van der Waals surface area contributed by atoms with Crippen molar-refractivity contribution in [3.05, 3.63) is 33.9 Å². The highest BCUT2D eigenvalue weighted by molar-refractivity contribution is 5.45. The van der Waals surface area contributed by atoms with E-state index in [0.717, 1.165) is 11.3 Å². The molecule has 2 aromatic heterocycles. The van der Waals surface area contributed by atoms with E-state index in [1.165, 1.54) is 10.6 Å². The molecule has 0 saturated heterocycles. The van der Waals surface area contributed by atoms with E-state index < -0.39 is 0 Å². The molecule has 5 heteroatoms. The maximum Gasteiger partial charge on any atom is 0.272 e. The van der Waals surface area contributed by atoms with Crippen molar-refractivity contribution in [2.75, 3.05) is 6.54 Å². The first-order valence-electron chi connectivity index (χ1n) is 4.49. The summed E-state index contributed by atoms with van der Waals surface area (Å²) in [6.45, 7) is 2.41. The van der Waals surface area contributed by atoms with E-state index in [2.05, 4.69) is 10.1 Å². The molecular weight excluding hydrogens is 180 g/mol. The van der Waals surface area contributed by atoms with Gasteiger partial charge in [-0.1, -0.05) is 0 Å². The number of aromatic nitrogens is 3. The molecule has 0 aromatic carbocycles. The number of aryl methyl sites for hydroxylation is 1. The van der Waals surface area contributed by atoms with Crippen LogP contribution in [0.25, 0.3) is 5.65 Å². The number of fused-ring (bicyclic) bond motifs is 1. The van der Waals surface area contributed by atoms with E-state index in [0.29, 0.717) is 18.6 Å². The Morgan fingerprint density at radius 3 is 3.14 bits per heavy atom. The van der Waals surface area contributed by atoms with Gasteiger partial charge in [-0.25, -0.2) is 9.50 Å². The Morgan fingerprint density at radius 2 is 2.43 bits per heavy atom. The summed E-state index contributed by atoms with van der Waals surface area (Å²) < 4.78 is 1.43. The maximum absolute atomic E-state index is 11.5. The predicted molar refractivity (Wildman–Crippen MR) is 53.3 cm³/mol. The van der Waals surface area contributed by atoms with Crippen molar-refractivity contribution in [1.82, 2.24) is 14.6 Å². The molecule has 0 spiro atoms. The molecule has 0 radical (unpaired) electrons. The predicted octanol–water partition coefficient (Wildman–Crippen LogP) is -0.168. The minimum absolute atomic E-state index is 0.0912. The van der Waals surface area contributed by atoms with Gasteiger partial charge in [-0.3, -0.25) is 9.89 Å². The summed E-state index contributed by atoms with van der Waals surface area (Å²) in [5.74, 6) is 0. The van der Waals surface area contributed by atoms with Gasteiger partial charge >= 0.3 is 0 Å². The molecule has 74 valence electrons. The molecule has 0 amide bonds. The van der Waals surface area contributed by atoms with Gasteiger partial charge in [0.2, 0.25) is 0 Å². The van der Waals surface area contributed by atoms with Crippen LogP contribution in [0.2, 0.25) is 0 Å². The second-order valence-electron chi connectivity index (χ2n) is 3.24. The highest BCUT2D eigenvalue weighted by Crippen LogP contribution is 2.04. The minimum Gasteiger partial charge on any atom is -0.330 e. The van der Waals surface area contributed by atoms with Crippen LogP contribution in [-0.2, 0) is 6.42 Å². The molecule has 14 heavy (non-hydrogen) atoms. The number of nitrogens with one attached hydrogen (secondary N) is 1. The fourth-order valence-electron chi connectivity index (χ4n) is 1.42. The molecule has 0 fully saturated rings. The van der Waals surface area contributed by atoms with E-state index in [9.17, 15) is 4.79 Å². The van der Waals surface area contributed by atoms with Gasteiger partial charge in [0.25, 0.3) is 5.56 Å². The number of nitrogens with two attached hydrogens (primary N) is 1. The average molecular weight is 192 g/mol. The highest BCUT2D eigenvalue weighted by Gasteiger charge is 2.04. The van der Waals surface area contributed by atoms with Crippen LogP contribution in [0, 0.1) is 6.92 Å². The molecule has 0 aliphatic rings. The summed E-state index contributed by atoms with van der Waals surface area (Å²) >= 11 is 0. The Hall–Kier alpha value is -1.62. The highest BCUT2D eigenvalue weighted by atomic mass is 16.1. The summed E-state index contributed by atoms with van der Waals surface area (Å²) in [7, 11) is 0. The molecule has 0 atom stereocenters. The molecule has 0 aliphatic carbocycles. The third-order valence-corrected chi connectivity index (χ3v) is 2.14. The molecule has 2 aromatic rings. The number of aromatic amines is 1. The number of hydrogen-bond donors (Lipinski definition) is 2. The minimum atomic E-state index is -0.0912. The molecule has 0 saturated carbocycles. The third kappa shape index (κ3) is 1.31. The number of nitrogens with zero attached hydrogens (tertiary/aromatic N) is 2. The Bertz CT molecular complexity index is 511. The Kier molecular flexibility index (Phi) is 2.09. The van der Waals surface area contributed by atoms with Gasteiger partial charge in [0.05, 0.1) is 0 Å². The van der Waals surface area contributed by atoms with E-state index in [1.54, 1.807) is 6.20 Å². The van der Waals surface area contributed by atoms with Crippen LogP contribution >= 0.6 is 0 Å². The second-order valence-corrected chi connectivity index (χ2v) is 3.24. The smallest absolute Gasteiger partial charge is 0.272 e. The van der Waals surface area contributed by atoms with Gasteiger partial charge in [-0.05, 0) is 13.5 Å². The van der Waals surface area contributed by atoms with E-state index in [-0.39, 0.29) is 5.56 Å². The van der Waals surface area contributed by atoms with Crippen molar-refractivity contribution in [1.29, 1.82) is 0 Å². The van der Waals surface area contributed by atoms with Crippen LogP contribution in [-0.4, -0.2) is 21.1 Å². The first kappa shape index (κ1) is 8.96. The van der Waals surface area contributed by atoms with Crippen molar-refractivity contribution in [2.24, 2.45) is 5.73 Å². The Labute approximate surface area is 80.6 Å². The van der Waals surface area contributed by atoms with Gasteiger partial charge in [-0.15, -0.1) is 0 Å². The third-order valence-electron chi connectivity index (χ3n) is 2.14. The molecule has 2 heterocycles. The monoisotopic (exact) mass is 192 g/mol. The lowest BCUT2D eigenvalue weighted by molar-refractivity contribution is 0.856. The Balaban J connectivity index is 2.69. The van der Waals surface area contributed by atoms with Crippen molar-refractivity contribution in [3.63, 3.8) is 0 Å². The van der Waals surface area contributed by atoms with Crippen molar-refractivity contribution >= 4 is 5.65 Å². The summed E-state index contributed by atoms with van der Waals surface area (Å²) in [6, 6.07) is 1.51. The van der Waals surface area contributed by atoms with Crippen LogP contribution in [0.15, 0.2) is 17.1 Å². The second kappa shape index (κ2) is 3.26. The van der Waals surface area contributed by atoms with Crippen LogP contribution in [0.3, 0.4) is 0 Å². The zero-order chi connectivity index (χ0) is 10.1. The van der Waals surface area contributed by atoms with Crippen molar-refractivity contribution in [3.8, 4) is 0 Å². The lowest BCUT2D eigenvalue weighted by Gasteiger charge is -1.98. The maximum atomic E-state index is 11.5. The lowest BCUT2D eigenvalue weighted by atomic mass is 10.3. The number of rotatable bonds is 2. The molecule has 5 nitrogen and oxygen atoms in total. The van der Waals surface area contributed by atoms with Crippen LogP contribution in [0.4, 0.5) is 0 Å². The standard InChI is InChI=1S/C9H12N4O/c1-6-5-11-13-8(14)4-7(2-3-10)12-9(6)13/h4-5,11H,2-3,10H2,1H3. The number of hydrogen-bond acceptors (Lipinski definition) is 3. The number of H-pyrrole nitrogens is 1. The summed E-state index contributed by atoms with van der Waals surface area (Å²) in [6.07, 6.45) is 2.40. The molecule has 0 unspecified atom stereocenters. The summed E-state index contributed by atoms with van der Waals surface area (Å²) in [5, 5.41) is 2.84. The molecule has 0 aliphatic heterocycles. The molecule has 3 N–H and O–H groups in total. The molecule has 0 bridgehead atoms. The first-order chi connectivity index (χ1) is 6.72. The zero-order valence-corrected chi connectivity index (χ0v) is 7.95. The quantitative estimate of drug-likeness (QED) is 0.693. The first-order valence-corrected chi connectivity index (χ1v) is 4.49. The van der Waals surface area contributed by atoms with Crippen LogP contribution < -0.4 is 11.3 Å². The topological polar surface area (TPSA) is 76.2 Å². The van der Waals surface area contributed by atoms with Crippen molar-refractivity contribution in [2.45, 2.75) is 13.3 Å². The zero-order valence-electron chi connectivity index (χ0n) is 7.95. The van der Waals surface area contributed by atoms with E-state index >= 15 is 0 Å². The summed E-state index contributed by atoms with van der Waals surface area (Å²) in [4.78, 5) is 15.9. The van der Waals surface area contributed by atoms with Gasteiger partial charge in [0, 0.05) is 29.9 Å².